The molecule has 3 aromatic rings. The van der Waals surface area contributed by atoms with Gasteiger partial charge in [-0.05, 0) is 54.8 Å². The largest absolute Gasteiger partial charge is 0.491 e. The van der Waals surface area contributed by atoms with E-state index in [9.17, 15) is 4.79 Å². The number of aromatic nitrogens is 1. The third-order valence-corrected chi connectivity index (χ3v) is 5.45. The Labute approximate surface area is 193 Å². The molecule has 1 unspecified atom stereocenters. The van der Waals surface area contributed by atoms with E-state index in [0.29, 0.717) is 30.2 Å². The molecule has 0 amide bonds. The second kappa shape index (κ2) is 10.9. The van der Waals surface area contributed by atoms with Gasteiger partial charge in [0.1, 0.15) is 24.7 Å². The maximum absolute atomic E-state index is 11.2. The van der Waals surface area contributed by atoms with Crippen molar-refractivity contribution in [2.45, 2.75) is 38.5 Å². The summed E-state index contributed by atoms with van der Waals surface area (Å²) in [6.07, 6.45) is 2.06. The molecule has 7 nitrogen and oxygen atoms in total. The van der Waals surface area contributed by atoms with Crippen molar-refractivity contribution in [1.82, 2.24) is 4.98 Å². The van der Waals surface area contributed by atoms with E-state index >= 15 is 0 Å². The van der Waals surface area contributed by atoms with Crippen LogP contribution in [0, 0.1) is 0 Å². The standard InChI is InChI=1S/C26H28N2O5/c27-15-21-6-3-8-24(28-21)20-11-18(12-23(13-20)32-17-22-7-4-10-31-22)16-33-25-9-2-1-5-19(25)14-26(29)30/h1-3,5-6,8-9,11-13,22H,4,7,10,14-17,27H2,(H,29,30). The zero-order valence-electron chi connectivity index (χ0n) is 18.4. The number of nitrogens with zero attached hydrogens (tertiary/aromatic N) is 1. The summed E-state index contributed by atoms with van der Waals surface area (Å²) in [5.41, 5.74) is 9.79. The lowest BCUT2D eigenvalue weighted by Gasteiger charge is -2.15. The van der Waals surface area contributed by atoms with Crippen LogP contribution in [0.2, 0.25) is 0 Å². The predicted octanol–water partition coefficient (Wildman–Crippen LogP) is 3.97. The van der Waals surface area contributed by atoms with Crippen molar-refractivity contribution in [1.29, 1.82) is 0 Å². The van der Waals surface area contributed by atoms with Crippen molar-refractivity contribution in [2.75, 3.05) is 13.2 Å². The highest BCUT2D eigenvalue weighted by Crippen LogP contribution is 2.28. The molecular weight excluding hydrogens is 420 g/mol. The van der Waals surface area contributed by atoms with E-state index < -0.39 is 5.97 Å². The molecule has 1 aliphatic heterocycles. The van der Waals surface area contributed by atoms with E-state index in [1.807, 2.05) is 42.5 Å². The Bertz CT molecular complexity index is 1100. The fourth-order valence-electron chi connectivity index (χ4n) is 3.81. The summed E-state index contributed by atoms with van der Waals surface area (Å²) in [5, 5.41) is 9.17. The molecule has 2 aromatic carbocycles. The summed E-state index contributed by atoms with van der Waals surface area (Å²) in [5.74, 6) is 0.361. The monoisotopic (exact) mass is 448 g/mol. The first-order chi connectivity index (χ1) is 16.1. The number of rotatable bonds is 10. The number of hydrogen-bond acceptors (Lipinski definition) is 6. The highest BCUT2D eigenvalue weighted by molar-refractivity contribution is 5.71. The molecule has 0 radical (unpaired) electrons. The second-order valence-electron chi connectivity index (χ2n) is 8.00. The van der Waals surface area contributed by atoms with Gasteiger partial charge in [-0.3, -0.25) is 9.78 Å². The van der Waals surface area contributed by atoms with Crippen LogP contribution in [0.25, 0.3) is 11.3 Å². The lowest BCUT2D eigenvalue weighted by atomic mass is 10.1. The van der Waals surface area contributed by atoms with Crippen LogP contribution in [-0.4, -0.2) is 35.4 Å². The number of ether oxygens (including phenoxy) is 3. The van der Waals surface area contributed by atoms with Crippen molar-refractivity contribution < 1.29 is 24.1 Å². The van der Waals surface area contributed by atoms with Gasteiger partial charge in [0.25, 0.3) is 0 Å². The molecule has 0 spiro atoms. The lowest BCUT2D eigenvalue weighted by Crippen LogP contribution is -2.16. The van der Waals surface area contributed by atoms with Crippen LogP contribution in [0.3, 0.4) is 0 Å². The van der Waals surface area contributed by atoms with Crippen LogP contribution >= 0.6 is 0 Å². The van der Waals surface area contributed by atoms with E-state index in [4.69, 9.17) is 25.1 Å². The first-order valence-electron chi connectivity index (χ1n) is 11.1. The molecule has 3 N–H and O–H groups in total. The summed E-state index contributed by atoms with van der Waals surface area (Å²) in [4.78, 5) is 15.8. The predicted molar refractivity (Wildman–Crippen MR) is 124 cm³/mol. The number of pyridine rings is 1. The summed E-state index contributed by atoms with van der Waals surface area (Å²) < 4.78 is 17.8. The number of nitrogens with two attached hydrogens (primary N) is 1. The molecule has 33 heavy (non-hydrogen) atoms. The van der Waals surface area contributed by atoms with E-state index in [0.717, 1.165) is 42.0 Å². The second-order valence-corrected chi connectivity index (χ2v) is 8.00. The van der Waals surface area contributed by atoms with E-state index in [-0.39, 0.29) is 19.1 Å². The van der Waals surface area contributed by atoms with Crippen LogP contribution in [0.1, 0.15) is 29.7 Å². The van der Waals surface area contributed by atoms with Crippen LogP contribution in [0.5, 0.6) is 11.5 Å². The Morgan fingerprint density at radius 3 is 2.79 bits per heavy atom. The van der Waals surface area contributed by atoms with Crippen molar-refractivity contribution >= 4 is 5.97 Å². The van der Waals surface area contributed by atoms with Crippen LogP contribution in [0.15, 0.2) is 60.7 Å². The number of carboxylic acids is 1. The normalized spacial score (nSPS) is 15.4. The van der Waals surface area contributed by atoms with Gasteiger partial charge in [0.2, 0.25) is 0 Å². The van der Waals surface area contributed by atoms with Gasteiger partial charge in [-0.15, -0.1) is 0 Å². The number of hydrogen-bond donors (Lipinski definition) is 2. The van der Waals surface area contributed by atoms with Gasteiger partial charge < -0.3 is 25.1 Å². The Kier molecular flexibility index (Phi) is 7.55. The van der Waals surface area contributed by atoms with Gasteiger partial charge in [0, 0.05) is 24.3 Å². The molecule has 1 atom stereocenters. The Balaban J connectivity index is 1.58. The van der Waals surface area contributed by atoms with Crippen LogP contribution in [-0.2, 0) is 29.1 Å². The van der Waals surface area contributed by atoms with E-state index in [1.54, 1.807) is 18.2 Å². The van der Waals surface area contributed by atoms with E-state index in [1.165, 1.54) is 0 Å². The quantitative estimate of drug-likeness (QED) is 0.484. The SMILES string of the molecule is NCc1cccc(-c2cc(COc3ccccc3CC(=O)O)cc(OCC3CCCO3)c2)n1. The minimum atomic E-state index is -0.899. The van der Waals surface area contributed by atoms with Gasteiger partial charge in [-0.1, -0.05) is 24.3 Å². The maximum atomic E-state index is 11.2. The number of aliphatic carboxylic acids is 1. The number of carbonyl (C=O) groups is 1. The summed E-state index contributed by atoms with van der Waals surface area (Å²) in [6.45, 7) is 1.89. The topological polar surface area (TPSA) is 104 Å². The number of benzene rings is 2. The minimum Gasteiger partial charge on any atom is -0.491 e. The third-order valence-electron chi connectivity index (χ3n) is 5.45. The number of para-hydroxylation sites is 1. The third kappa shape index (κ3) is 6.31. The Hall–Kier alpha value is -3.42. The summed E-state index contributed by atoms with van der Waals surface area (Å²) in [6, 6.07) is 18.8. The molecule has 1 aromatic heterocycles. The lowest BCUT2D eigenvalue weighted by molar-refractivity contribution is -0.136. The molecule has 0 saturated carbocycles. The molecule has 1 aliphatic rings. The highest BCUT2D eigenvalue weighted by Gasteiger charge is 2.17. The first-order valence-corrected chi connectivity index (χ1v) is 11.1. The molecule has 0 bridgehead atoms. The van der Waals surface area contributed by atoms with Gasteiger partial charge in [-0.2, -0.15) is 0 Å². The average Bonchev–Trinajstić information content (AvgIpc) is 3.36. The first kappa shape index (κ1) is 22.8. The maximum Gasteiger partial charge on any atom is 0.307 e. The Morgan fingerprint density at radius 2 is 2.00 bits per heavy atom. The molecule has 7 heteroatoms. The molecule has 1 saturated heterocycles. The summed E-state index contributed by atoms with van der Waals surface area (Å²) >= 11 is 0. The van der Waals surface area contributed by atoms with Crippen LogP contribution < -0.4 is 15.2 Å². The molecular formula is C26H28N2O5. The Morgan fingerprint density at radius 1 is 1.12 bits per heavy atom. The van der Waals surface area contributed by atoms with Gasteiger partial charge in [-0.25, -0.2) is 0 Å². The average molecular weight is 449 g/mol. The minimum absolute atomic E-state index is 0.0955. The summed E-state index contributed by atoms with van der Waals surface area (Å²) in [7, 11) is 0. The molecule has 4 rings (SSSR count). The molecule has 172 valence electrons. The zero-order valence-corrected chi connectivity index (χ0v) is 18.4. The molecule has 1 fully saturated rings. The van der Waals surface area contributed by atoms with Crippen molar-refractivity contribution in [3.63, 3.8) is 0 Å². The smallest absolute Gasteiger partial charge is 0.307 e. The van der Waals surface area contributed by atoms with Crippen molar-refractivity contribution in [3.8, 4) is 22.8 Å². The molecule has 0 aliphatic carbocycles. The number of carboxylic acid groups (broad SMARTS) is 1. The van der Waals surface area contributed by atoms with Gasteiger partial charge >= 0.3 is 5.97 Å². The fourth-order valence-corrected chi connectivity index (χ4v) is 3.81. The van der Waals surface area contributed by atoms with Gasteiger partial charge in [0.15, 0.2) is 0 Å². The van der Waals surface area contributed by atoms with E-state index in [2.05, 4.69) is 4.98 Å². The van der Waals surface area contributed by atoms with Crippen LogP contribution in [0.4, 0.5) is 0 Å². The van der Waals surface area contributed by atoms with Crippen molar-refractivity contribution in [3.05, 3.63) is 77.5 Å². The van der Waals surface area contributed by atoms with Gasteiger partial charge in [0.05, 0.1) is 23.9 Å². The fraction of sp³-hybridized carbons (Fsp3) is 0.308. The van der Waals surface area contributed by atoms with Crippen molar-refractivity contribution in [2.24, 2.45) is 5.73 Å². The highest BCUT2D eigenvalue weighted by atomic mass is 16.5. The molecule has 2 heterocycles. The zero-order chi connectivity index (χ0) is 23.0.